The molecule has 1 N–H and O–H groups in total. The Morgan fingerprint density at radius 2 is 1.96 bits per heavy atom. The molecule has 1 aromatic rings. The van der Waals surface area contributed by atoms with Crippen molar-refractivity contribution in [2.75, 3.05) is 19.7 Å². The first kappa shape index (κ1) is 16.0. The van der Waals surface area contributed by atoms with E-state index < -0.39 is 0 Å². The fourth-order valence-electron chi connectivity index (χ4n) is 3.27. The van der Waals surface area contributed by atoms with Gasteiger partial charge >= 0.3 is 6.03 Å². The first-order chi connectivity index (χ1) is 11.3. The van der Waals surface area contributed by atoms with Crippen molar-refractivity contribution in [3.63, 3.8) is 0 Å². The van der Waals surface area contributed by atoms with E-state index in [1.165, 1.54) is 19.3 Å². The average molecular weight is 318 g/mol. The molecule has 2 amide bonds. The normalized spacial score (nSPS) is 20.8. The van der Waals surface area contributed by atoms with Crippen LogP contribution in [0, 0.1) is 0 Å². The van der Waals surface area contributed by atoms with Crippen LogP contribution in [0.4, 0.5) is 4.79 Å². The van der Waals surface area contributed by atoms with Gasteiger partial charge in [-0.15, -0.1) is 0 Å². The number of urea groups is 1. The zero-order chi connectivity index (χ0) is 16.1. The Labute approximate surface area is 137 Å². The van der Waals surface area contributed by atoms with E-state index in [4.69, 9.17) is 9.47 Å². The molecule has 0 radical (unpaired) electrons. The summed E-state index contributed by atoms with van der Waals surface area (Å²) in [6, 6.07) is 8.01. The lowest BCUT2D eigenvalue weighted by atomic mass is 9.96. The Balaban J connectivity index is 1.54. The Morgan fingerprint density at radius 1 is 1.22 bits per heavy atom. The summed E-state index contributed by atoms with van der Waals surface area (Å²) in [6.07, 6.45) is 5.79. The second-order valence-electron chi connectivity index (χ2n) is 6.32. The third-order valence-corrected chi connectivity index (χ3v) is 4.59. The topological polar surface area (TPSA) is 50.8 Å². The van der Waals surface area contributed by atoms with E-state index in [2.05, 4.69) is 5.32 Å². The van der Waals surface area contributed by atoms with Gasteiger partial charge in [0.25, 0.3) is 0 Å². The summed E-state index contributed by atoms with van der Waals surface area (Å²) < 4.78 is 11.7. The number of carbonyl (C=O) groups excluding carboxylic acids is 1. The van der Waals surface area contributed by atoms with Crippen LogP contribution in [0.3, 0.4) is 0 Å². The molecule has 3 rings (SSSR count). The van der Waals surface area contributed by atoms with Crippen LogP contribution in [0.5, 0.6) is 11.5 Å². The molecule has 23 heavy (non-hydrogen) atoms. The number of nitrogens with zero attached hydrogens (tertiary/aromatic N) is 1. The zero-order valence-electron chi connectivity index (χ0n) is 13.8. The molecule has 0 saturated heterocycles. The van der Waals surface area contributed by atoms with Gasteiger partial charge in [0.05, 0.1) is 6.54 Å². The van der Waals surface area contributed by atoms with Gasteiger partial charge in [-0.1, -0.05) is 31.4 Å². The maximum Gasteiger partial charge on any atom is 0.317 e. The van der Waals surface area contributed by atoms with Crippen molar-refractivity contribution in [1.82, 2.24) is 10.2 Å². The van der Waals surface area contributed by atoms with Crippen molar-refractivity contribution in [2.45, 2.75) is 51.2 Å². The van der Waals surface area contributed by atoms with Crippen LogP contribution in [0.15, 0.2) is 24.3 Å². The van der Waals surface area contributed by atoms with Crippen molar-refractivity contribution in [1.29, 1.82) is 0 Å². The Kier molecular flexibility index (Phi) is 5.26. The summed E-state index contributed by atoms with van der Waals surface area (Å²) in [7, 11) is 0. The summed E-state index contributed by atoms with van der Waals surface area (Å²) in [4.78, 5) is 14.3. The molecule has 1 aromatic carbocycles. The molecule has 1 heterocycles. The first-order valence-electron chi connectivity index (χ1n) is 8.70. The third-order valence-electron chi connectivity index (χ3n) is 4.59. The number of carbonyl (C=O) groups is 1. The number of ether oxygens (including phenoxy) is 2. The van der Waals surface area contributed by atoms with Crippen LogP contribution in [0.2, 0.25) is 0 Å². The van der Waals surface area contributed by atoms with Crippen molar-refractivity contribution in [3.8, 4) is 11.5 Å². The lowest BCUT2D eigenvalue weighted by molar-refractivity contribution is 0.0669. The van der Waals surface area contributed by atoms with Crippen LogP contribution in [-0.4, -0.2) is 42.8 Å². The molecule has 1 unspecified atom stereocenters. The number of hydrogen-bond acceptors (Lipinski definition) is 3. The molecular formula is C18H26N2O3. The van der Waals surface area contributed by atoms with Gasteiger partial charge in [-0.05, 0) is 31.9 Å². The molecule has 126 valence electrons. The fourth-order valence-corrected chi connectivity index (χ4v) is 3.27. The third kappa shape index (κ3) is 4.09. The highest BCUT2D eigenvalue weighted by atomic mass is 16.6. The largest absolute Gasteiger partial charge is 0.486 e. The molecule has 5 heteroatoms. The Bertz CT molecular complexity index is 529. The van der Waals surface area contributed by atoms with Gasteiger partial charge in [-0.3, -0.25) is 0 Å². The molecule has 1 aliphatic heterocycles. The highest BCUT2D eigenvalue weighted by Crippen LogP contribution is 2.31. The Hall–Kier alpha value is -1.91. The molecule has 1 fully saturated rings. The highest BCUT2D eigenvalue weighted by Gasteiger charge is 2.26. The monoisotopic (exact) mass is 318 g/mol. The number of amides is 2. The minimum Gasteiger partial charge on any atom is -0.486 e. The van der Waals surface area contributed by atoms with Crippen molar-refractivity contribution in [2.24, 2.45) is 0 Å². The average Bonchev–Trinajstić information content (AvgIpc) is 2.60. The standard InChI is InChI=1S/C18H26N2O3/c1-2-20(18(21)19-14-8-4-3-5-9-14)12-15-13-22-16-10-6-7-11-17(16)23-15/h6-7,10-11,14-15H,2-5,8-9,12-13H2,1H3,(H,19,21). The highest BCUT2D eigenvalue weighted by molar-refractivity contribution is 5.74. The van der Waals surface area contributed by atoms with Crippen molar-refractivity contribution in [3.05, 3.63) is 24.3 Å². The van der Waals surface area contributed by atoms with E-state index in [9.17, 15) is 4.79 Å². The van der Waals surface area contributed by atoms with E-state index in [0.717, 1.165) is 24.3 Å². The summed E-state index contributed by atoms with van der Waals surface area (Å²) in [5.41, 5.74) is 0. The number of fused-ring (bicyclic) bond motifs is 1. The second kappa shape index (κ2) is 7.57. The maximum atomic E-state index is 12.5. The van der Waals surface area contributed by atoms with Gasteiger partial charge in [-0.25, -0.2) is 4.79 Å². The van der Waals surface area contributed by atoms with Crippen LogP contribution in [0.1, 0.15) is 39.0 Å². The lowest BCUT2D eigenvalue weighted by Crippen LogP contribution is -2.50. The molecule has 1 saturated carbocycles. The molecule has 0 aromatic heterocycles. The van der Waals surface area contributed by atoms with E-state index in [1.807, 2.05) is 36.1 Å². The van der Waals surface area contributed by atoms with Gasteiger partial charge in [0, 0.05) is 12.6 Å². The van der Waals surface area contributed by atoms with E-state index in [0.29, 0.717) is 25.7 Å². The van der Waals surface area contributed by atoms with Crippen LogP contribution in [0.25, 0.3) is 0 Å². The maximum absolute atomic E-state index is 12.5. The molecule has 0 bridgehead atoms. The van der Waals surface area contributed by atoms with Gasteiger partial charge in [0.1, 0.15) is 6.61 Å². The first-order valence-corrected chi connectivity index (χ1v) is 8.70. The number of nitrogens with one attached hydrogen (secondary N) is 1. The van der Waals surface area contributed by atoms with Gasteiger partial charge < -0.3 is 19.7 Å². The fraction of sp³-hybridized carbons (Fsp3) is 0.611. The molecule has 1 atom stereocenters. The molecule has 1 aliphatic carbocycles. The van der Waals surface area contributed by atoms with Gasteiger partial charge in [0.2, 0.25) is 0 Å². The van der Waals surface area contributed by atoms with Gasteiger partial charge in [0.15, 0.2) is 17.6 Å². The SMILES string of the molecule is CCN(CC1COc2ccccc2O1)C(=O)NC1CCCCC1. The van der Waals surface area contributed by atoms with Crippen LogP contribution >= 0.6 is 0 Å². The summed E-state index contributed by atoms with van der Waals surface area (Å²) in [5.74, 6) is 1.53. The number of rotatable bonds is 4. The molecule has 0 spiro atoms. The van der Waals surface area contributed by atoms with Crippen molar-refractivity contribution >= 4 is 6.03 Å². The summed E-state index contributed by atoms with van der Waals surface area (Å²) in [6.45, 7) is 3.69. The van der Waals surface area contributed by atoms with E-state index >= 15 is 0 Å². The lowest BCUT2D eigenvalue weighted by Gasteiger charge is -2.32. The minimum atomic E-state index is -0.123. The van der Waals surface area contributed by atoms with E-state index in [1.54, 1.807) is 0 Å². The quantitative estimate of drug-likeness (QED) is 0.927. The zero-order valence-corrected chi connectivity index (χ0v) is 13.8. The molecule has 2 aliphatic rings. The molecule has 5 nitrogen and oxygen atoms in total. The Morgan fingerprint density at radius 3 is 2.70 bits per heavy atom. The smallest absolute Gasteiger partial charge is 0.317 e. The predicted octanol–water partition coefficient (Wildman–Crippen LogP) is 3.19. The van der Waals surface area contributed by atoms with Crippen LogP contribution in [-0.2, 0) is 0 Å². The van der Waals surface area contributed by atoms with Crippen molar-refractivity contribution < 1.29 is 14.3 Å². The number of benzene rings is 1. The van der Waals surface area contributed by atoms with E-state index in [-0.39, 0.29) is 12.1 Å². The molecular weight excluding hydrogens is 292 g/mol. The van der Waals surface area contributed by atoms with Crippen LogP contribution < -0.4 is 14.8 Å². The van der Waals surface area contributed by atoms with Gasteiger partial charge in [-0.2, -0.15) is 0 Å². The second-order valence-corrected chi connectivity index (χ2v) is 6.32. The number of hydrogen-bond donors (Lipinski definition) is 1. The summed E-state index contributed by atoms with van der Waals surface area (Å²) in [5, 5.41) is 3.17. The predicted molar refractivity (Wildman–Crippen MR) is 89.0 cm³/mol. The number of para-hydroxylation sites is 2. The summed E-state index contributed by atoms with van der Waals surface area (Å²) >= 11 is 0. The minimum absolute atomic E-state index is 0.0156. The number of likely N-dealkylation sites (N-methyl/N-ethyl adjacent to an activating group) is 1.